The molecule has 1 N–H and O–H groups in total. The van der Waals surface area contributed by atoms with E-state index in [1.54, 1.807) is 18.2 Å². The Morgan fingerprint density at radius 1 is 1.40 bits per heavy atom. The minimum atomic E-state index is -3.89. The van der Waals surface area contributed by atoms with Crippen LogP contribution in [0.1, 0.15) is 43.0 Å². The molecule has 2 aromatic heterocycles. The molecule has 130 valence electrons. The molecule has 0 saturated carbocycles. The maximum absolute atomic E-state index is 12.9. The predicted molar refractivity (Wildman–Crippen MR) is 96.3 cm³/mol. The number of hydrogen-bond donors (Lipinski definition) is 1. The molecular weight excluding hydrogens is 358 g/mol. The van der Waals surface area contributed by atoms with E-state index in [2.05, 4.69) is 14.8 Å². The third-order valence-corrected chi connectivity index (χ3v) is 6.20. The summed E-state index contributed by atoms with van der Waals surface area (Å²) in [6.07, 6.45) is 0.474. The third kappa shape index (κ3) is 3.23. The molecule has 25 heavy (non-hydrogen) atoms. The van der Waals surface area contributed by atoms with Gasteiger partial charge in [-0.2, -0.15) is 23.3 Å². The van der Waals surface area contributed by atoms with Crippen molar-refractivity contribution in [3.63, 3.8) is 0 Å². The van der Waals surface area contributed by atoms with E-state index < -0.39 is 10.0 Å². The predicted octanol–water partition coefficient (Wildman–Crippen LogP) is 3.15. The van der Waals surface area contributed by atoms with Crippen LogP contribution < -0.4 is 4.72 Å². The fourth-order valence-electron chi connectivity index (χ4n) is 2.37. The zero-order valence-corrected chi connectivity index (χ0v) is 15.6. The van der Waals surface area contributed by atoms with Gasteiger partial charge < -0.3 is 0 Å². The van der Waals surface area contributed by atoms with Crippen LogP contribution in [0.5, 0.6) is 0 Å². The van der Waals surface area contributed by atoms with Crippen molar-refractivity contribution < 1.29 is 8.42 Å². The Morgan fingerprint density at radius 2 is 2.16 bits per heavy atom. The second-order valence-corrected chi connectivity index (χ2v) is 8.39. The van der Waals surface area contributed by atoms with Gasteiger partial charge >= 0.3 is 0 Å². The summed E-state index contributed by atoms with van der Waals surface area (Å²) in [5.74, 6) is 0.188. The van der Waals surface area contributed by atoms with E-state index in [4.69, 9.17) is 5.26 Å². The van der Waals surface area contributed by atoms with Crippen LogP contribution in [0.2, 0.25) is 0 Å². The highest BCUT2D eigenvalue weighted by molar-refractivity contribution is 7.92. The van der Waals surface area contributed by atoms with Crippen molar-refractivity contribution in [1.82, 2.24) is 14.6 Å². The monoisotopic (exact) mass is 375 g/mol. The number of aromatic nitrogens is 3. The molecule has 9 heteroatoms. The van der Waals surface area contributed by atoms with Gasteiger partial charge in [0.05, 0.1) is 23.0 Å². The molecule has 0 amide bonds. The van der Waals surface area contributed by atoms with E-state index in [0.717, 1.165) is 5.01 Å². The smallest absolute Gasteiger partial charge is 0.278 e. The van der Waals surface area contributed by atoms with Gasteiger partial charge in [0.15, 0.2) is 0 Å². The zero-order valence-electron chi connectivity index (χ0n) is 14.0. The molecule has 0 atom stereocenters. The standard InChI is InChI=1S/C16H17N5O2S2/c1-4-13-15(21-16(18-13)24-14(19-21)10(2)3)25(22,23)20-12-7-5-6-11(8-12)9-17/h5-8,10,20H,4H2,1-3H3. The largest absolute Gasteiger partial charge is 0.281 e. The average molecular weight is 375 g/mol. The van der Waals surface area contributed by atoms with Crippen molar-refractivity contribution in [2.75, 3.05) is 4.72 Å². The molecule has 1 aromatic carbocycles. The van der Waals surface area contributed by atoms with E-state index in [9.17, 15) is 8.42 Å². The average Bonchev–Trinajstić information content (AvgIpc) is 3.11. The van der Waals surface area contributed by atoms with Crippen molar-refractivity contribution in [2.45, 2.75) is 38.1 Å². The van der Waals surface area contributed by atoms with Gasteiger partial charge in [-0.1, -0.05) is 38.2 Å². The van der Waals surface area contributed by atoms with Gasteiger partial charge in [-0.25, -0.2) is 4.98 Å². The van der Waals surface area contributed by atoms with Crippen molar-refractivity contribution >= 4 is 32.0 Å². The number of imidazole rings is 1. The fourth-order valence-corrected chi connectivity index (χ4v) is 4.74. The van der Waals surface area contributed by atoms with Gasteiger partial charge in [-0.3, -0.25) is 4.72 Å². The Morgan fingerprint density at radius 3 is 2.80 bits per heavy atom. The van der Waals surface area contributed by atoms with Crippen molar-refractivity contribution in [1.29, 1.82) is 5.26 Å². The van der Waals surface area contributed by atoms with E-state index in [1.165, 1.54) is 21.9 Å². The van der Waals surface area contributed by atoms with Gasteiger partial charge in [0.1, 0.15) is 5.01 Å². The third-order valence-electron chi connectivity index (χ3n) is 3.57. The Hall–Kier alpha value is -2.44. The number of fused-ring (bicyclic) bond motifs is 1. The first kappa shape index (κ1) is 17.4. The van der Waals surface area contributed by atoms with E-state index in [0.29, 0.717) is 28.3 Å². The summed E-state index contributed by atoms with van der Waals surface area (Å²) in [4.78, 5) is 4.99. The minimum Gasteiger partial charge on any atom is -0.278 e. The highest BCUT2D eigenvalue weighted by Gasteiger charge is 2.27. The number of benzene rings is 1. The Kier molecular flexibility index (Phi) is 4.49. The number of aryl methyl sites for hydroxylation is 1. The molecule has 0 spiro atoms. The highest BCUT2D eigenvalue weighted by atomic mass is 32.2. The molecule has 0 unspecified atom stereocenters. The van der Waals surface area contributed by atoms with E-state index in [1.807, 2.05) is 26.8 Å². The molecule has 0 saturated heterocycles. The molecule has 0 bridgehead atoms. The Labute approximate surface area is 150 Å². The zero-order chi connectivity index (χ0) is 18.2. The number of rotatable bonds is 5. The highest BCUT2D eigenvalue weighted by Crippen LogP contribution is 2.28. The first-order valence-electron chi connectivity index (χ1n) is 7.77. The summed E-state index contributed by atoms with van der Waals surface area (Å²) in [6.45, 7) is 5.85. The van der Waals surface area contributed by atoms with Crippen molar-refractivity contribution in [3.05, 3.63) is 40.5 Å². The quantitative estimate of drug-likeness (QED) is 0.738. The summed E-state index contributed by atoms with van der Waals surface area (Å²) in [7, 11) is -3.89. The van der Waals surface area contributed by atoms with Crippen LogP contribution in [-0.4, -0.2) is 23.0 Å². The lowest BCUT2D eigenvalue weighted by Gasteiger charge is -2.08. The van der Waals surface area contributed by atoms with Crippen LogP contribution in [-0.2, 0) is 16.4 Å². The summed E-state index contributed by atoms with van der Waals surface area (Å²) in [6, 6.07) is 8.32. The first-order valence-corrected chi connectivity index (χ1v) is 10.1. The van der Waals surface area contributed by atoms with Crippen LogP contribution in [0.25, 0.3) is 4.96 Å². The summed E-state index contributed by atoms with van der Waals surface area (Å²) < 4.78 is 29.8. The lowest BCUT2D eigenvalue weighted by Crippen LogP contribution is -2.17. The second kappa shape index (κ2) is 6.46. The molecule has 3 rings (SSSR count). The minimum absolute atomic E-state index is 0.0514. The van der Waals surface area contributed by atoms with Crippen molar-refractivity contribution in [2.24, 2.45) is 0 Å². The number of nitrogens with one attached hydrogen (secondary N) is 1. The van der Waals surface area contributed by atoms with Gasteiger partial charge in [-0.15, -0.1) is 0 Å². The number of sulfonamides is 1. The van der Waals surface area contributed by atoms with Crippen LogP contribution in [0.15, 0.2) is 29.3 Å². The van der Waals surface area contributed by atoms with Crippen LogP contribution in [0, 0.1) is 11.3 Å². The van der Waals surface area contributed by atoms with Gasteiger partial charge in [-0.05, 0) is 24.6 Å². The molecule has 0 aliphatic heterocycles. The SMILES string of the molecule is CCc1nc2sc(C(C)C)nn2c1S(=O)(=O)Nc1cccc(C#N)c1. The fraction of sp³-hybridized carbons (Fsp3) is 0.312. The Balaban J connectivity index is 2.10. The molecular formula is C16H17N5O2S2. The van der Waals surface area contributed by atoms with Crippen LogP contribution >= 0.6 is 11.3 Å². The van der Waals surface area contributed by atoms with E-state index in [-0.39, 0.29) is 10.9 Å². The Bertz CT molecular complexity index is 1070. The lowest BCUT2D eigenvalue weighted by molar-refractivity contribution is 0.591. The number of nitrogens with zero attached hydrogens (tertiary/aromatic N) is 4. The number of nitriles is 1. The van der Waals surface area contributed by atoms with Crippen molar-refractivity contribution in [3.8, 4) is 6.07 Å². The number of hydrogen-bond acceptors (Lipinski definition) is 6. The summed E-state index contributed by atoms with van der Waals surface area (Å²) in [5.41, 5.74) is 1.18. The first-order chi connectivity index (χ1) is 11.9. The summed E-state index contributed by atoms with van der Waals surface area (Å²) in [5, 5.41) is 14.3. The molecule has 3 aromatic rings. The van der Waals surface area contributed by atoms with Gasteiger partial charge in [0.2, 0.25) is 9.99 Å². The molecule has 0 aliphatic carbocycles. The second-order valence-electron chi connectivity index (χ2n) is 5.80. The number of anilines is 1. The van der Waals surface area contributed by atoms with Gasteiger partial charge in [0.25, 0.3) is 10.0 Å². The normalized spacial score (nSPS) is 11.8. The molecule has 0 radical (unpaired) electrons. The maximum atomic E-state index is 12.9. The molecule has 2 heterocycles. The lowest BCUT2D eigenvalue weighted by atomic mass is 10.2. The van der Waals surface area contributed by atoms with Crippen LogP contribution in [0.3, 0.4) is 0 Å². The molecule has 0 aliphatic rings. The van der Waals surface area contributed by atoms with Crippen LogP contribution in [0.4, 0.5) is 5.69 Å². The summed E-state index contributed by atoms with van der Waals surface area (Å²) >= 11 is 1.39. The molecule has 7 nitrogen and oxygen atoms in total. The topological polar surface area (TPSA) is 100 Å². The van der Waals surface area contributed by atoms with E-state index >= 15 is 0 Å². The van der Waals surface area contributed by atoms with Gasteiger partial charge in [0, 0.05) is 5.92 Å². The maximum Gasteiger partial charge on any atom is 0.281 e. The molecule has 0 fully saturated rings.